The highest BCUT2D eigenvalue weighted by molar-refractivity contribution is 5.32. The SMILES string of the molecule is C=C(C)C(Cc1cc(C)c(F)cc1C)C(CCC)CCC.CC. The average Bonchev–Trinajstić information content (AvgIpc) is 2.51. The molecule has 1 heteroatoms. The Bertz CT molecular complexity index is 467. The molecule has 0 heterocycles. The molecule has 132 valence electrons. The fourth-order valence-corrected chi connectivity index (χ4v) is 3.33. The molecule has 0 radical (unpaired) electrons. The van der Waals surface area contributed by atoms with E-state index in [1.165, 1.54) is 36.8 Å². The van der Waals surface area contributed by atoms with E-state index in [0.717, 1.165) is 17.5 Å². The van der Waals surface area contributed by atoms with Crippen LogP contribution in [0.1, 0.15) is 77.0 Å². The van der Waals surface area contributed by atoms with Crippen LogP contribution in [0.3, 0.4) is 0 Å². The van der Waals surface area contributed by atoms with Crippen LogP contribution in [0.15, 0.2) is 24.3 Å². The van der Waals surface area contributed by atoms with Crippen molar-refractivity contribution in [1.82, 2.24) is 0 Å². The van der Waals surface area contributed by atoms with Gasteiger partial charge in [-0.25, -0.2) is 4.39 Å². The second-order valence-electron chi connectivity index (χ2n) is 6.52. The van der Waals surface area contributed by atoms with E-state index in [1.54, 1.807) is 6.07 Å². The number of hydrogen-bond acceptors (Lipinski definition) is 0. The number of benzene rings is 1. The molecule has 0 bridgehead atoms. The smallest absolute Gasteiger partial charge is 0.126 e. The van der Waals surface area contributed by atoms with Gasteiger partial charge in [0.2, 0.25) is 0 Å². The first-order valence-electron chi connectivity index (χ1n) is 9.31. The molecule has 0 aliphatic carbocycles. The first kappa shape index (κ1) is 21.9. The fraction of sp³-hybridized carbons (Fsp3) is 0.636. The van der Waals surface area contributed by atoms with Crippen molar-refractivity contribution >= 4 is 0 Å². The van der Waals surface area contributed by atoms with Crippen LogP contribution in [-0.4, -0.2) is 0 Å². The lowest BCUT2D eigenvalue weighted by molar-refractivity contribution is 0.324. The maximum atomic E-state index is 13.6. The van der Waals surface area contributed by atoms with Gasteiger partial charge < -0.3 is 0 Å². The van der Waals surface area contributed by atoms with Gasteiger partial charge in [-0.2, -0.15) is 0 Å². The van der Waals surface area contributed by atoms with Crippen LogP contribution in [0.2, 0.25) is 0 Å². The standard InChI is InChI=1S/C20H31F.C2H6/c1-7-9-17(10-8-2)19(14(3)4)13-18-11-16(6)20(21)12-15(18)5;1-2/h11-12,17,19H,3,7-10,13H2,1-2,4-6H3;1-2H3. The van der Waals surface area contributed by atoms with Crippen molar-refractivity contribution in [2.75, 3.05) is 0 Å². The second-order valence-corrected chi connectivity index (χ2v) is 6.52. The number of aryl methyl sites for hydroxylation is 2. The third-order valence-electron chi connectivity index (χ3n) is 4.58. The van der Waals surface area contributed by atoms with Gasteiger partial charge in [-0.05, 0) is 61.8 Å². The minimum atomic E-state index is -0.0956. The first-order valence-corrected chi connectivity index (χ1v) is 9.31. The molecule has 0 saturated heterocycles. The van der Waals surface area contributed by atoms with E-state index in [2.05, 4.69) is 27.4 Å². The van der Waals surface area contributed by atoms with Gasteiger partial charge >= 0.3 is 0 Å². The van der Waals surface area contributed by atoms with Crippen molar-refractivity contribution in [2.45, 2.75) is 80.6 Å². The molecule has 1 aromatic carbocycles. The Kier molecular flexibility index (Phi) is 10.9. The van der Waals surface area contributed by atoms with Gasteiger partial charge in [-0.15, -0.1) is 0 Å². The molecule has 0 aromatic heterocycles. The van der Waals surface area contributed by atoms with Gasteiger partial charge in [0.05, 0.1) is 0 Å². The summed E-state index contributed by atoms with van der Waals surface area (Å²) in [6, 6.07) is 3.70. The maximum absolute atomic E-state index is 13.6. The summed E-state index contributed by atoms with van der Waals surface area (Å²) in [6.45, 7) is 18.8. The molecule has 1 aromatic rings. The minimum Gasteiger partial charge on any atom is -0.207 e. The molecule has 0 N–H and O–H groups in total. The highest BCUT2D eigenvalue weighted by atomic mass is 19.1. The molecule has 23 heavy (non-hydrogen) atoms. The van der Waals surface area contributed by atoms with Crippen molar-refractivity contribution in [3.8, 4) is 0 Å². The monoisotopic (exact) mass is 320 g/mol. The van der Waals surface area contributed by atoms with Crippen molar-refractivity contribution in [3.05, 3.63) is 46.8 Å². The van der Waals surface area contributed by atoms with Crippen LogP contribution in [0, 0.1) is 31.5 Å². The lowest BCUT2D eigenvalue weighted by Gasteiger charge is -2.28. The molecular weight excluding hydrogens is 283 g/mol. The largest absolute Gasteiger partial charge is 0.207 e. The molecule has 0 spiro atoms. The van der Waals surface area contributed by atoms with Crippen molar-refractivity contribution in [3.63, 3.8) is 0 Å². The van der Waals surface area contributed by atoms with E-state index in [-0.39, 0.29) is 5.82 Å². The van der Waals surface area contributed by atoms with E-state index in [4.69, 9.17) is 0 Å². The molecule has 0 fully saturated rings. The van der Waals surface area contributed by atoms with E-state index in [0.29, 0.717) is 11.8 Å². The molecule has 1 atom stereocenters. The Hall–Kier alpha value is -1.11. The molecule has 0 amide bonds. The normalized spacial score (nSPS) is 11.9. The van der Waals surface area contributed by atoms with Gasteiger partial charge in [0.1, 0.15) is 5.82 Å². The van der Waals surface area contributed by atoms with Gasteiger partial charge in [-0.1, -0.05) is 71.6 Å². The van der Waals surface area contributed by atoms with Crippen LogP contribution in [0.5, 0.6) is 0 Å². The summed E-state index contributed by atoms with van der Waals surface area (Å²) in [6.07, 6.45) is 5.94. The van der Waals surface area contributed by atoms with Crippen LogP contribution in [0.25, 0.3) is 0 Å². The quantitative estimate of drug-likeness (QED) is 0.437. The third-order valence-corrected chi connectivity index (χ3v) is 4.58. The van der Waals surface area contributed by atoms with Crippen LogP contribution >= 0.6 is 0 Å². The molecule has 0 nitrogen and oxygen atoms in total. The van der Waals surface area contributed by atoms with E-state index >= 15 is 0 Å². The zero-order chi connectivity index (χ0) is 18.0. The topological polar surface area (TPSA) is 0 Å². The summed E-state index contributed by atoms with van der Waals surface area (Å²) in [5.41, 5.74) is 4.36. The predicted molar refractivity (Wildman–Crippen MR) is 103 cm³/mol. The average molecular weight is 321 g/mol. The summed E-state index contributed by atoms with van der Waals surface area (Å²) in [5.74, 6) is 1.11. The highest BCUT2D eigenvalue weighted by Gasteiger charge is 2.22. The minimum absolute atomic E-state index is 0.0956. The van der Waals surface area contributed by atoms with Crippen molar-refractivity contribution < 1.29 is 4.39 Å². The zero-order valence-corrected chi connectivity index (χ0v) is 16.4. The van der Waals surface area contributed by atoms with Gasteiger partial charge in [0, 0.05) is 0 Å². The van der Waals surface area contributed by atoms with E-state index in [9.17, 15) is 4.39 Å². The van der Waals surface area contributed by atoms with Crippen molar-refractivity contribution in [2.24, 2.45) is 11.8 Å². The molecule has 0 aliphatic rings. The summed E-state index contributed by atoms with van der Waals surface area (Å²) in [4.78, 5) is 0. The molecular formula is C22H37F. The lowest BCUT2D eigenvalue weighted by atomic mass is 9.77. The zero-order valence-electron chi connectivity index (χ0n) is 16.4. The molecule has 0 aliphatic heterocycles. The van der Waals surface area contributed by atoms with Crippen molar-refractivity contribution in [1.29, 1.82) is 0 Å². The van der Waals surface area contributed by atoms with Crippen LogP contribution < -0.4 is 0 Å². The number of rotatable bonds is 8. The van der Waals surface area contributed by atoms with E-state index in [1.807, 2.05) is 33.8 Å². The number of halogens is 1. The summed E-state index contributed by atoms with van der Waals surface area (Å²) in [5, 5.41) is 0. The highest BCUT2D eigenvalue weighted by Crippen LogP contribution is 2.32. The number of allylic oxidation sites excluding steroid dienone is 1. The Morgan fingerprint density at radius 3 is 2.00 bits per heavy atom. The number of hydrogen-bond donors (Lipinski definition) is 0. The summed E-state index contributed by atoms with van der Waals surface area (Å²) < 4.78 is 13.6. The summed E-state index contributed by atoms with van der Waals surface area (Å²) >= 11 is 0. The van der Waals surface area contributed by atoms with Gasteiger partial charge in [0.15, 0.2) is 0 Å². The Morgan fingerprint density at radius 2 is 1.57 bits per heavy atom. The van der Waals surface area contributed by atoms with Crippen LogP contribution in [0.4, 0.5) is 4.39 Å². The third kappa shape index (κ3) is 6.89. The van der Waals surface area contributed by atoms with Gasteiger partial charge in [0.25, 0.3) is 0 Å². The first-order chi connectivity index (χ1) is 10.9. The second kappa shape index (κ2) is 11.4. The Balaban J connectivity index is 0.00000232. The summed E-state index contributed by atoms with van der Waals surface area (Å²) in [7, 11) is 0. The molecule has 1 rings (SSSR count). The maximum Gasteiger partial charge on any atom is 0.126 e. The van der Waals surface area contributed by atoms with Gasteiger partial charge in [-0.3, -0.25) is 0 Å². The molecule has 0 saturated carbocycles. The van der Waals surface area contributed by atoms with E-state index < -0.39 is 0 Å². The molecule has 1 unspecified atom stereocenters. The Labute approximate surface area is 144 Å². The lowest BCUT2D eigenvalue weighted by Crippen LogP contribution is -2.19. The van der Waals surface area contributed by atoms with Crippen LogP contribution in [-0.2, 0) is 6.42 Å². The predicted octanol–water partition coefficient (Wildman–Crippen LogP) is 7.42. The Morgan fingerprint density at radius 1 is 1.04 bits per heavy atom. The fourth-order valence-electron chi connectivity index (χ4n) is 3.33.